The molecular formula is C44H45F4N6O9PS. The van der Waals surface area contributed by atoms with Crippen molar-refractivity contribution < 1.29 is 60.2 Å². The lowest BCUT2D eigenvalue weighted by molar-refractivity contribution is -0.147. The number of fused-ring (bicyclic) bond motifs is 2. The number of benzene rings is 2. The Hall–Kier alpha value is -5.72. The number of esters is 1. The molecule has 6 atom stereocenters. The highest BCUT2D eigenvalue weighted by molar-refractivity contribution is 7.57. The van der Waals surface area contributed by atoms with Crippen LogP contribution >= 0.6 is 18.9 Å². The van der Waals surface area contributed by atoms with Crippen LogP contribution in [0.2, 0.25) is 0 Å². The molecule has 8 rings (SSSR count). The van der Waals surface area contributed by atoms with Crippen molar-refractivity contribution in [3.05, 3.63) is 89.1 Å². The summed E-state index contributed by atoms with van der Waals surface area (Å²) in [6, 6.07) is 9.41. The summed E-state index contributed by atoms with van der Waals surface area (Å²) in [7, 11) is -4.53. The molecule has 2 aromatic carbocycles. The number of carbonyl (C=O) groups is 6. The molecule has 3 aliphatic heterocycles. The molecule has 4 aliphatic rings. The number of ether oxygens (including phenoxy) is 1. The number of nitrogens with zero attached hydrogens (tertiary/aromatic N) is 4. The zero-order valence-electron chi connectivity index (χ0n) is 35.2. The van der Waals surface area contributed by atoms with Crippen LogP contribution in [0.5, 0.6) is 5.75 Å². The van der Waals surface area contributed by atoms with Gasteiger partial charge in [0.05, 0.1) is 28.9 Å². The zero-order valence-corrected chi connectivity index (χ0v) is 36.9. The molecule has 2 unspecified atom stereocenters. The summed E-state index contributed by atoms with van der Waals surface area (Å²) in [5, 5.41) is 5.78. The molecule has 1 aliphatic carbocycles. The lowest BCUT2D eigenvalue weighted by atomic mass is 9.99. The Morgan fingerprint density at radius 3 is 2.43 bits per heavy atom. The maximum absolute atomic E-state index is 16.6. The summed E-state index contributed by atoms with van der Waals surface area (Å²) in [4.78, 5) is 89.5. The third kappa shape index (κ3) is 8.87. The van der Waals surface area contributed by atoms with E-state index in [1.54, 1.807) is 24.3 Å². The quantitative estimate of drug-likeness (QED) is 0.0572. The molecule has 15 nitrogen and oxygen atoms in total. The van der Waals surface area contributed by atoms with Crippen molar-refractivity contribution in [2.75, 3.05) is 11.5 Å². The molecular weight excluding hydrogens is 896 g/mol. The average molecular weight is 941 g/mol. The van der Waals surface area contributed by atoms with Crippen LogP contribution in [0.15, 0.2) is 73.1 Å². The first-order valence-electron chi connectivity index (χ1n) is 21.3. The molecule has 3 saturated heterocycles. The summed E-state index contributed by atoms with van der Waals surface area (Å²) in [6.45, 7) is 3.31. The van der Waals surface area contributed by atoms with E-state index in [2.05, 4.69) is 15.4 Å². The van der Waals surface area contributed by atoms with Gasteiger partial charge in [-0.2, -0.15) is 13.2 Å². The number of carbonyl (C=O) groups excluding carboxylic acids is 6. The minimum absolute atomic E-state index is 0.0603. The number of anilines is 1. The van der Waals surface area contributed by atoms with Crippen LogP contribution < -0.4 is 19.8 Å². The van der Waals surface area contributed by atoms with Gasteiger partial charge in [-0.15, -0.1) is 11.3 Å². The third-order valence-corrected chi connectivity index (χ3v) is 15.3. The van der Waals surface area contributed by atoms with Crippen LogP contribution in [-0.2, 0) is 34.7 Å². The van der Waals surface area contributed by atoms with Crippen LogP contribution in [0.4, 0.5) is 28.0 Å². The second-order valence-corrected chi connectivity index (χ2v) is 19.8. The molecule has 1 spiro atoms. The van der Waals surface area contributed by atoms with Crippen molar-refractivity contribution >= 4 is 70.3 Å². The van der Waals surface area contributed by atoms with E-state index in [1.165, 1.54) is 42.2 Å². The van der Waals surface area contributed by atoms with Gasteiger partial charge in [0.15, 0.2) is 0 Å². The minimum Gasteiger partial charge on any atom is -0.465 e. The van der Waals surface area contributed by atoms with Crippen molar-refractivity contribution in [2.45, 2.75) is 113 Å². The van der Waals surface area contributed by atoms with Gasteiger partial charge in [0.25, 0.3) is 17.7 Å². The van der Waals surface area contributed by atoms with Crippen LogP contribution in [0.1, 0.15) is 98.3 Å². The first-order chi connectivity index (χ1) is 31.0. The van der Waals surface area contributed by atoms with E-state index in [0.717, 1.165) is 22.4 Å². The van der Waals surface area contributed by atoms with Gasteiger partial charge in [-0.05, 0) is 99.2 Å². The van der Waals surface area contributed by atoms with Gasteiger partial charge in [0.1, 0.15) is 29.4 Å². The SMILES string of the molecule is CCCOC(=O)[C@H](C)NP(=O)(Oc1ccccc1)[C@@H](F)c1ccc2sc(C(=O)NC3CCCC[C@H]4CC[C@@H](C(=O)N5C(=O)N(c6cncc(C(F)(F)F)c6)C(=O)C56CC6)N4C3=O)cc2c1. The van der Waals surface area contributed by atoms with Crippen molar-refractivity contribution in [2.24, 2.45) is 0 Å². The van der Waals surface area contributed by atoms with Gasteiger partial charge in [-0.3, -0.25) is 33.5 Å². The second kappa shape index (κ2) is 17.9. The molecule has 1 saturated carbocycles. The Bertz CT molecular complexity index is 2590. The van der Waals surface area contributed by atoms with E-state index in [9.17, 15) is 46.5 Å². The summed E-state index contributed by atoms with van der Waals surface area (Å²) in [6.07, 6.45) is 0.00473. The third-order valence-electron chi connectivity index (χ3n) is 12.1. The highest BCUT2D eigenvalue weighted by Crippen LogP contribution is 2.58. The number of nitrogens with one attached hydrogen (secondary N) is 2. The fraction of sp³-hybridized carbons (Fsp3) is 0.432. The molecule has 2 N–H and O–H groups in total. The minimum atomic E-state index is -4.81. The summed E-state index contributed by atoms with van der Waals surface area (Å²) < 4.78 is 83.0. The molecule has 5 heterocycles. The van der Waals surface area contributed by atoms with Crippen molar-refractivity contribution in [1.29, 1.82) is 0 Å². The predicted molar refractivity (Wildman–Crippen MR) is 229 cm³/mol. The zero-order chi connectivity index (χ0) is 46.4. The van der Waals surface area contributed by atoms with Gasteiger partial charge < -0.3 is 19.5 Å². The monoisotopic (exact) mass is 940 g/mol. The fourth-order valence-corrected chi connectivity index (χ4v) is 11.6. The average Bonchev–Trinajstić information content (AvgIpc) is 3.68. The highest BCUT2D eigenvalue weighted by atomic mass is 32.1. The highest BCUT2D eigenvalue weighted by Gasteiger charge is 2.68. The Balaban J connectivity index is 0.999. The fourth-order valence-electron chi connectivity index (χ4n) is 8.70. The van der Waals surface area contributed by atoms with Crippen LogP contribution in [0.25, 0.3) is 10.1 Å². The molecule has 65 heavy (non-hydrogen) atoms. The lowest BCUT2D eigenvalue weighted by Crippen LogP contribution is -2.58. The second-order valence-electron chi connectivity index (χ2n) is 16.6. The van der Waals surface area contributed by atoms with Crippen molar-refractivity contribution in [3.63, 3.8) is 0 Å². The lowest BCUT2D eigenvalue weighted by Gasteiger charge is -2.36. The molecule has 344 valence electrons. The predicted octanol–water partition coefficient (Wildman–Crippen LogP) is 8.05. The van der Waals surface area contributed by atoms with Crippen LogP contribution in [0.3, 0.4) is 0 Å². The van der Waals surface area contributed by atoms with Gasteiger partial charge in [-0.25, -0.2) is 24.1 Å². The molecule has 2 aromatic heterocycles. The number of hydrogen-bond donors (Lipinski definition) is 2. The van der Waals surface area contributed by atoms with Gasteiger partial charge >= 0.3 is 25.7 Å². The molecule has 4 fully saturated rings. The Kier molecular flexibility index (Phi) is 12.6. The number of imide groups is 2. The van der Waals surface area contributed by atoms with Gasteiger partial charge in [0, 0.05) is 16.9 Å². The number of thiophene rings is 1. The standard InChI is InChI=1S/C44H45F4N6O9PS/c1-3-19-62-40(58)25(2)51-64(61,63-31-10-5-4-6-11-31)36(45)26-13-16-34-27(20-26)21-35(65-34)37(55)50-32-12-8-7-9-29-14-15-33(52(29)38(32)56)39(57)54-42(60)53(41(59)43(54)17-18-43)30-22-28(23-49-24-30)44(46,47)48/h4-6,10-11,13,16,20-25,29,32-33,36H,3,7-9,12,14-15,17-19H2,1-2H3,(H,50,55)(H,51,61)/t25-,29-,32?,33-,36+,64?/m0/s1. The topological polar surface area (TPSA) is 185 Å². The number of halogens is 4. The maximum atomic E-state index is 16.6. The van der Waals surface area contributed by atoms with E-state index in [0.29, 0.717) is 59.4 Å². The molecule has 21 heteroatoms. The maximum Gasteiger partial charge on any atom is 0.417 e. The largest absolute Gasteiger partial charge is 0.465 e. The van der Waals surface area contributed by atoms with E-state index < -0.39 is 96.2 Å². The van der Waals surface area contributed by atoms with E-state index in [4.69, 9.17) is 9.26 Å². The smallest absolute Gasteiger partial charge is 0.417 e. The number of amides is 6. The van der Waals surface area contributed by atoms with Crippen LogP contribution in [0, 0.1) is 0 Å². The number of pyridine rings is 1. The summed E-state index contributed by atoms with van der Waals surface area (Å²) in [5.74, 6) is -5.76. The van der Waals surface area contributed by atoms with Crippen molar-refractivity contribution in [3.8, 4) is 5.75 Å². The summed E-state index contributed by atoms with van der Waals surface area (Å²) in [5.41, 5.74) is -3.26. The molecule has 4 aromatic rings. The van der Waals surface area contributed by atoms with E-state index >= 15 is 4.39 Å². The first-order valence-corrected chi connectivity index (χ1v) is 23.8. The number of hydrogen-bond acceptors (Lipinski definition) is 11. The van der Waals surface area contributed by atoms with Gasteiger partial charge in [-0.1, -0.05) is 44.0 Å². The Morgan fingerprint density at radius 2 is 1.72 bits per heavy atom. The van der Waals surface area contributed by atoms with E-state index in [-0.39, 0.29) is 48.5 Å². The molecule has 6 amide bonds. The normalized spacial score (nSPS) is 22.5. The Labute approximate surface area is 374 Å². The van der Waals surface area contributed by atoms with E-state index in [1.807, 2.05) is 6.92 Å². The number of aromatic nitrogens is 1. The molecule has 0 bridgehead atoms. The van der Waals surface area contributed by atoms with Gasteiger partial charge in [0.2, 0.25) is 11.8 Å². The summed E-state index contributed by atoms with van der Waals surface area (Å²) >= 11 is 1.07. The Morgan fingerprint density at radius 1 is 0.985 bits per heavy atom. The first kappa shape index (κ1) is 45.8. The van der Waals surface area contributed by atoms with Crippen LogP contribution in [-0.4, -0.2) is 86.7 Å². The number of para-hydroxylation sites is 1. The molecule has 0 radical (unpaired) electrons. The number of rotatable bonds is 13. The number of alkyl halides is 4. The number of urea groups is 1. The van der Waals surface area contributed by atoms with Crippen molar-refractivity contribution in [1.82, 2.24) is 25.2 Å².